The van der Waals surface area contributed by atoms with E-state index in [1.165, 1.54) is 0 Å². The molecule has 4 aromatic rings. The zero-order valence-corrected chi connectivity index (χ0v) is 17.2. The molecule has 0 aliphatic carbocycles. The number of methoxy groups -OCH3 is 1. The van der Waals surface area contributed by atoms with Gasteiger partial charge in [-0.15, -0.1) is 10.2 Å². The number of nitrogens with zero attached hydrogens (tertiary/aromatic N) is 2. The molecule has 5 nitrogen and oxygen atoms in total. The van der Waals surface area contributed by atoms with E-state index in [1.54, 1.807) is 13.2 Å². The minimum Gasteiger partial charge on any atom is -0.480 e. The molecule has 0 radical (unpaired) electrons. The molecule has 0 fully saturated rings. The van der Waals surface area contributed by atoms with Gasteiger partial charge < -0.3 is 10.1 Å². The van der Waals surface area contributed by atoms with Crippen LogP contribution in [-0.2, 0) is 4.79 Å². The zero-order chi connectivity index (χ0) is 21.5. The Labute approximate surface area is 181 Å². The topological polar surface area (TPSA) is 64.1 Å². The molecule has 3 aromatic carbocycles. The SMILES string of the molecule is COc1ccc(-c2cccc(NC(=O)CC(c3ccccc3)c3ccccc3)c2)nn1. The fourth-order valence-corrected chi connectivity index (χ4v) is 3.54. The summed E-state index contributed by atoms with van der Waals surface area (Å²) in [7, 11) is 1.55. The summed E-state index contributed by atoms with van der Waals surface area (Å²) in [6, 6.07) is 31.4. The van der Waals surface area contributed by atoms with Crippen molar-refractivity contribution in [3.63, 3.8) is 0 Å². The van der Waals surface area contributed by atoms with Gasteiger partial charge in [0.2, 0.25) is 11.8 Å². The molecule has 4 rings (SSSR count). The number of rotatable bonds is 7. The Morgan fingerprint density at radius 3 is 2.10 bits per heavy atom. The highest BCUT2D eigenvalue weighted by molar-refractivity contribution is 5.92. The molecule has 1 aromatic heterocycles. The second-order valence-electron chi connectivity index (χ2n) is 7.17. The summed E-state index contributed by atoms with van der Waals surface area (Å²) in [5.74, 6) is 0.398. The first-order valence-electron chi connectivity index (χ1n) is 10.1. The van der Waals surface area contributed by atoms with Crippen LogP contribution in [0.15, 0.2) is 97.1 Å². The van der Waals surface area contributed by atoms with E-state index in [0.717, 1.165) is 22.4 Å². The van der Waals surface area contributed by atoms with Crippen LogP contribution in [0.2, 0.25) is 0 Å². The second-order valence-corrected chi connectivity index (χ2v) is 7.17. The average Bonchev–Trinajstić information content (AvgIpc) is 2.84. The normalized spacial score (nSPS) is 10.6. The van der Waals surface area contributed by atoms with Gasteiger partial charge in [0.05, 0.1) is 12.8 Å². The van der Waals surface area contributed by atoms with Crippen molar-refractivity contribution in [2.45, 2.75) is 12.3 Å². The standard InChI is InChI=1S/C26H23N3O2/c1-31-26-16-15-24(28-29-26)21-13-8-14-22(17-21)27-25(30)18-23(19-9-4-2-5-10-19)20-11-6-3-7-12-20/h2-17,23H,18H2,1H3,(H,27,30). The molecule has 0 saturated carbocycles. The molecule has 154 valence electrons. The van der Waals surface area contributed by atoms with Crippen LogP contribution in [0.25, 0.3) is 11.3 Å². The Hall–Kier alpha value is -3.99. The maximum atomic E-state index is 12.9. The van der Waals surface area contributed by atoms with E-state index in [4.69, 9.17) is 4.74 Å². The lowest BCUT2D eigenvalue weighted by Crippen LogP contribution is -2.16. The van der Waals surface area contributed by atoms with Gasteiger partial charge >= 0.3 is 0 Å². The van der Waals surface area contributed by atoms with Crippen molar-refractivity contribution in [1.29, 1.82) is 0 Å². The van der Waals surface area contributed by atoms with Crippen molar-refractivity contribution in [3.05, 3.63) is 108 Å². The molecular weight excluding hydrogens is 386 g/mol. The lowest BCUT2D eigenvalue weighted by atomic mass is 9.88. The molecule has 1 N–H and O–H groups in total. The number of ether oxygens (including phenoxy) is 1. The molecule has 0 atom stereocenters. The summed E-state index contributed by atoms with van der Waals surface area (Å²) in [6.07, 6.45) is 0.348. The smallest absolute Gasteiger partial charge is 0.233 e. The van der Waals surface area contributed by atoms with Gasteiger partial charge in [-0.2, -0.15) is 0 Å². The molecule has 5 heteroatoms. The predicted octanol–water partition coefficient (Wildman–Crippen LogP) is 5.31. The number of carbonyl (C=O) groups excluding carboxylic acids is 1. The van der Waals surface area contributed by atoms with Crippen molar-refractivity contribution < 1.29 is 9.53 Å². The van der Waals surface area contributed by atoms with Gasteiger partial charge in [-0.05, 0) is 29.3 Å². The molecule has 0 saturated heterocycles. The summed E-state index contributed by atoms with van der Waals surface area (Å²) in [6.45, 7) is 0. The summed E-state index contributed by atoms with van der Waals surface area (Å²) >= 11 is 0. The number of hydrogen-bond acceptors (Lipinski definition) is 4. The van der Waals surface area contributed by atoms with Gasteiger partial charge in [0, 0.05) is 29.7 Å². The Kier molecular flexibility index (Phi) is 6.33. The number of aromatic nitrogens is 2. The van der Waals surface area contributed by atoms with Gasteiger partial charge in [-0.1, -0.05) is 72.8 Å². The number of amides is 1. The van der Waals surface area contributed by atoms with Crippen LogP contribution in [0.3, 0.4) is 0 Å². The maximum Gasteiger partial charge on any atom is 0.233 e. The van der Waals surface area contributed by atoms with Crippen LogP contribution in [0.4, 0.5) is 5.69 Å². The lowest BCUT2D eigenvalue weighted by Gasteiger charge is -2.18. The Balaban J connectivity index is 1.52. The lowest BCUT2D eigenvalue weighted by molar-refractivity contribution is -0.116. The molecule has 0 unspecified atom stereocenters. The monoisotopic (exact) mass is 409 g/mol. The van der Waals surface area contributed by atoms with Crippen molar-refractivity contribution in [2.24, 2.45) is 0 Å². The minimum absolute atomic E-state index is 0.0157. The highest BCUT2D eigenvalue weighted by Crippen LogP contribution is 2.29. The zero-order valence-electron chi connectivity index (χ0n) is 17.2. The van der Waals surface area contributed by atoms with Gasteiger partial charge in [0.25, 0.3) is 0 Å². The number of carbonyl (C=O) groups is 1. The molecule has 0 bridgehead atoms. The number of anilines is 1. The molecule has 0 aliphatic heterocycles. The second kappa shape index (κ2) is 9.67. The van der Waals surface area contributed by atoms with E-state index in [9.17, 15) is 4.79 Å². The fraction of sp³-hybridized carbons (Fsp3) is 0.115. The Bertz CT molecular complexity index is 1090. The average molecular weight is 409 g/mol. The van der Waals surface area contributed by atoms with E-state index < -0.39 is 0 Å². The molecular formula is C26H23N3O2. The number of hydrogen-bond donors (Lipinski definition) is 1. The fourth-order valence-electron chi connectivity index (χ4n) is 3.54. The third-order valence-corrected chi connectivity index (χ3v) is 5.08. The first-order chi connectivity index (χ1) is 15.2. The molecule has 31 heavy (non-hydrogen) atoms. The van der Waals surface area contributed by atoms with Crippen LogP contribution in [0.5, 0.6) is 5.88 Å². The van der Waals surface area contributed by atoms with Crippen LogP contribution in [0.1, 0.15) is 23.5 Å². The van der Waals surface area contributed by atoms with Gasteiger partial charge in [-0.25, -0.2) is 0 Å². The summed E-state index contributed by atoms with van der Waals surface area (Å²) in [5, 5.41) is 11.2. The Morgan fingerprint density at radius 1 is 0.839 bits per heavy atom. The van der Waals surface area contributed by atoms with E-state index in [2.05, 4.69) is 39.8 Å². The largest absolute Gasteiger partial charge is 0.480 e. The Morgan fingerprint density at radius 2 is 1.52 bits per heavy atom. The van der Waals surface area contributed by atoms with E-state index >= 15 is 0 Å². The number of nitrogens with one attached hydrogen (secondary N) is 1. The summed E-state index contributed by atoms with van der Waals surface area (Å²) < 4.78 is 5.06. The maximum absolute atomic E-state index is 12.9. The van der Waals surface area contributed by atoms with Gasteiger partial charge in [0.1, 0.15) is 0 Å². The molecule has 0 aliphatic rings. The highest BCUT2D eigenvalue weighted by atomic mass is 16.5. The van der Waals surface area contributed by atoms with Crippen molar-refractivity contribution in [1.82, 2.24) is 10.2 Å². The first-order valence-corrected chi connectivity index (χ1v) is 10.1. The minimum atomic E-state index is -0.0457. The molecule has 0 spiro atoms. The van der Waals surface area contributed by atoms with Crippen LogP contribution < -0.4 is 10.1 Å². The molecule has 1 amide bonds. The van der Waals surface area contributed by atoms with Crippen LogP contribution >= 0.6 is 0 Å². The predicted molar refractivity (Wildman–Crippen MR) is 122 cm³/mol. The van der Waals surface area contributed by atoms with E-state index in [0.29, 0.717) is 18.0 Å². The molecule has 1 heterocycles. The van der Waals surface area contributed by atoms with Crippen molar-refractivity contribution in [2.75, 3.05) is 12.4 Å². The van der Waals surface area contributed by atoms with Crippen LogP contribution in [0, 0.1) is 0 Å². The third-order valence-electron chi connectivity index (χ3n) is 5.08. The number of benzene rings is 3. The first kappa shape index (κ1) is 20.3. The van der Waals surface area contributed by atoms with E-state index in [1.807, 2.05) is 66.7 Å². The third kappa shape index (κ3) is 5.14. The van der Waals surface area contributed by atoms with Crippen LogP contribution in [-0.4, -0.2) is 23.2 Å². The van der Waals surface area contributed by atoms with Crippen molar-refractivity contribution in [3.8, 4) is 17.1 Å². The highest BCUT2D eigenvalue weighted by Gasteiger charge is 2.18. The summed E-state index contributed by atoms with van der Waals surface area (Å²) in [5.41, 5.74) is 4.54. The quantitative estimate of drug-likeness (QED) is 0.449. The summed E-state index contributed by atoms with van der Waals surface area (Å²) in [4.78, 5) is 12.9. The van der Waals surface area contributed by atoms with E-state index in [-0.39, 0.29) is 11.8 Å². The van der Waals surface area contributed by atoms with Gasteiger partial charge in [-0.3, -0.25) is 4.79 Å². The van der Waals surface area contributed by atoms with Gasteiger partial charge in [0.15, 0.2) is 0 Å². The van der Waals surface area contributed by atoms with Crippen molar-refractivity contribution >= 4 is 11.6 Å².